The molecule has 0 bridgehead atoms. The third kappa shape index (κ3) is 2.96. The van der Waals surface area contributed by atoms with Crippen LogP contribution in [0.1, 0.15) is 12.5 Å². The largest absolute Gasteiger partial charge is 0.375 e. The van der Waals surface area contributed by atoms with Crippen molar-refractivity contribution in [1.29, 1.82) is 0 Å². The van der Waals surface area contributed by atoms with Crippen LogP contribution in [0.15, 0.2) is 72.2 Å². The predicted molar refractivity (Wildman–Crippen MR) is 106 cm³/mol. The molecule has 2 aromatic heterocycles. The number of aryl methyl sites for hydroxylation is 1. The van der Waals surface area contributed by atoms with Crippen molar-refractivity contribution >= 4 is 16.5 Å². The zero-order valence-electron chi connectivity index (χ0n) is 14.0. The number of benzene rings is 2. The summed E-state index contributed by atoms with van der Waals surface area (Å²) in [6.45, 7) is 2.18. The van der Waals surface area contributed by atoms with Gasteiger partial charge in [-0.25, -0.2) is 4.98 Å². The lowest BCUT2D eigenvalue weighted by molar-refractivity contribution is 1.02. The minimum Gasteiger partial charge on any atom is -0.375 e. The standard InChI is InChI=1S/C21H19N3S/c1-2-15-8-6-7-11-19(15)24-13-17(16-9-4-3-5-10-16)12-20(24)18-14-25-21(22)23-18/h3-14H,2H2,1H3,(H2,22,23). The molecule has 0 aliphatic rings. The van der Waals surface area contributed by atoms with E-state index in [4.69, 9.17) is 5.73 Å². The van der Waals surface area contributed by atoms with E-state index >= 15 is 0 Å². The van der Waals surface area contributed by atoms with E-state index in [1.54, 1.807) is 0 Å². The quantitative estimate of drug-likeness (QED) is 0.537. The van der Waals surface area contributed by atoms with E-state index in [0.29, 0.717) is 5.13 Å². The maximum Gasteiger partial charge on any atom is 0.180 e. The van der Waals surface area contributed by atoms with Crippen LogP contribution < -0.4 is 5.73 Å². The number of nitrogens with two attached hydrogens (primary N) is 1. The van der Waals surface area contributed by atoms with E-state index < -0.39 is 0 Å². The van der Waals surface area contributed by atoms with E-state index in [-0.39, 0.29) is 0 Å². The van der Waals surface area contributed by atoms with Gasteiger partial charge in [-0.1, -0.05) is 55.5 Å². The molecule has 3 nitrogen and oxygen atoms in total. The number of nitrogen functional groups attached to an aromatic ring is 1. The van der Waals surface area contributed by atoms with Crippen LogP contribution in [0.25, 0.3) is 28.2 Å². The number of rotatable bonds is 4. The van der Waals surface area contributed by atoms with E-state index in [1.165, 1.54) is 33.7 Å². The number of thiazole rings is 1. The Hall–Kier alpha value is -2.85. The Morgan fingerprint density at radius 3 is 2.48 bits per heavy atom. The van der Waals surface area contributed by atoms with Gasteiger partial charge in [0.05, 0.1) is 5.69 Å². The molecule has 0 fully saturated rings. The molecule has 2 aromatic carbocycles. The van der Waals surface area contributed by atoms with E-state index in [1.807, 2.05) is 11.4 Å². The highest BCUT2D eigenvalue weighted by Crippen LogP contribution is 2.33. The number of nitrogens with zero attached hydrogens (tertiary/aromatic N) is 2. The second-order valence-electron chi connectivity index (χ2n) is 5.90. The summed E-state index contributed by atoms with van der Waals surface area (Å²) in [6, 6.07) is 21.1. The fourth-order valence-corrected chi connectivity index (χ4v) is 3.65. The molecule has 4 aromatic rings. The van der Waals surface area contributed by atoms with Crippen LogP contribution in [0.5, 0.6) is 0 Å². The highest BCUT2D eigenvalue weighted by molar-refractivity contribution is 7.13. The maximum atomic E-state index is 5.88. The zero-order valence-corrected chi connectivity index (χ0v) is 14.8. The number of hydrogen-bond acceptors (Lipinski definition) is 3. The Labute approximate surface area is 151 Å². The molecule has 4 rings (SSSR count). The van der Waals surface area contributed by atoms with Gasteiger partial charge in [0.25, 0.3) is 0 Å². The minimum absolute atomic E-state index is 0.591. The molecule has 2 heterocycles. The first-order chi connectivity index (χ1) is 12.3. The van der Waals surface area contributed by atoms with Crippen molar-refractivity contribution in [2.24, 2.45) is 0 Å². The van der Waals surface area contributed by atoms with Gasteiger partial charge in [0.1, 0.15) is 5.69 Å². The summed E-state index contributed by atoms with van der Waals surface area (Å²) in [4.78, 5) is 4.51. The molecule has 4 heteroatoms. The van der Waals surface area contributed by atoms with Gasteiger partial charge in [0.15, 0.2) is 5.13 Å². The summed E-state index contributed by atoms with van der Waals surface area (Å²) in [7, 11) is 0. The van der Waals surface area contributed by atoms with Crippen molar-refractivity contribution < 1.29 is 0 Å². The number of anilines is 1. The van der Waals surface area contributed by atoms with Crippen molar-refractivity contribution in [3.05, 3.63) is 77.8 Å². The van der Waals surface area contributed by atoms with Crippen molar-refractivity contribution in [2.75, 3.05) is 5.73 Å². The molecule has 0 radical (unpaired) electrons. The van der Waals surface area contributed by atoms with E-state index in [9.17, 15) is 0 Å². The highest BCUT2D eigenvalue weighted by atomic mass is 32.1. The molecular weight excluding hydrogens is 326 g/mol. The van der Waals surface area contributed by atoms with Crippen molar-refractivity contribution in [3.8, 4) is 28.2 Å². The lowest BCUT2D eigenvalue weighted by Gasteiger charge is -2.12. The Morgan fingerprint density at radius 1 is 1.00 bits per heavy atom. The summed E-state index contributed by atoms with van der Waals surface area (Å²) in [5, 5.41) is 2.61. The average molecular weight is 345 g/mol. The van der Waals surface area contributed by atoms with E-state index in [0.717, 1.165) is 17.8 Å². The third-order valence-corrected chi connectivity index (χ3v) is 5.02. The Morgan fingerprint density at radius 2 is 1.76 bits per heavy atom. The highest BCUT2D eigenvalue weighted by Gasteiger charge is 2.15. The van der Waals surface area contributed by atoms with Gasteiger partial charge < -0.3 is 10.3 Å². The molecule has 0 saturated carbocycles. The van der Waals surface area contributed by atoms with Gasteiger partial charge in [0.2, 0.25) is 0 Å². The van der Waals surface area contributed by atoms with Crippen LogP contribution in [-0.4, -0.2) is 9.55 Å². The van der Waals surface area contributed by atoms with Crippen LogP contribution in [0.4, 0.5) is 5.13 Å². The van der Waals surface area contributed by atoms with Crippen LogP contribution in [0, 0.1) is 0 Å². The van der Waals surface area contributed by atoms with Gasteiger partial charge in [0, 0.05) is 22.8 Å². The van der Waals surface area contributed by atoms with Crippen LogP contribution >= 0.6 is 11.3 Å². The fraction of sp³-hybridized carbons (Fsp3) is 0.0952. The monoisotopic (exact) mass is 345 g/mol. The molecule has 0 spiro atoms. The maximum absolute atomic E-state index is 5.88. The zero-order chi connectivity index (χ0) is 17.2. The third-order valence-electron chi connectivity index (χ3n) is 4.34. The molecule has 0 amide bonds. The van der Waals surface area contributed by atoms with Gasteiger partial charge in [-0.05, 0) is 29.7 Å². The summed E-state index contributed by atoms with van der Waals surface area (Å²) < 4.78 is 2.23. The summed E-state index contributed by atoms with van der Waals surface area (Å²) >= 11 is 1.47. The van der Waals surface area contributed by atoms with Gasteiger partial charge in [-0.3, -0.25) is 0 Å². The number of para-hydroxylation sites is 1. The minimum atomic E-state index is 0.591. The normalized spacial score (nSPS) is 10.9. The SMILES string of the molecule is CCc1ccccc1-n1cc(-c2ccccc2)cc1-c1csc(N)n1. The molecule has 0 saturated heterocycles. The Balaban J connectivity index is 1.94. The Bertz CT molecular complexity index is 999. The lowest BCUT2D eigenvalue weighted by Crippen LogP contribution is -1.99. The molecule has 0 aliphatic carbocycles. The second kappa shape index (κ2) is 6.57. The fourth-order valence-electron chi connectivity index (χ4n) is 3.10. The molecule has 0 unspecified atom stereocenters. The van der Waals surface area contributed by atoms with Crippen molar-refractivity contribution in [3.63, 3.8) is 0 Å². The Kier molecular flexibility index (Phi) is 4.12. The molecule has 124 valence electrons. The number of aromatic nitrogens is 2. The van der Waals surface area contributed by atoms with Crippen molar-refractivity contribution in [2.45, 2.75) is 13.3 Å². The summed E-state index contributed by atoms with van der Waals surface area (Å²) in [6.07, 6.45) is 3.17. The first kappa shape index (κ1) is 15.7. The van der Waals surface area contributed by atoms with Gasteiger partial charge >= 0.3 is 0 Å². The molecular formula is C21H19N3S. The summed E-state index contributed by atoms with van der Waals surface area (Å²) in [5.41, 5.74) is 12.7. The first-order valence-electron chi connectivity index (χ1n) is 8.33. The van der Waals surface area contributed by atoms with E-state index in [2.05, 4.69) is 77.3 Å². The topological polar surface area (TPSA) is 43.8 Å². The molecule has 0 atom stereocenters. The van der Waals surface area contributed by atoms with Gasteiger partial charge in [-0.2, -0.15) is 0 Å². The molecule has 25 heavy (non-hydrogen) atoms. The average Bonchev–Trinajstić information content (AvgIpc) is 3.28. The second-order valence-corrected chi connectivity index (χ2v) is 6.79. The molecule has 2 N–H and O–H groups in total. The smallest absolute Gasteiger partial charge is 0.180 e. The summed E-state index contributed by atoms with van der Waals surface area (Å²) in [5.74, 6) is 0. The van der Waals surface area contributed by atoms with Crippen LogP contribution in [-0.2, 0) is 6.42 Å². The van der Waals surface area contributed by atoms with Crippen molar-refractivity contribution in [1.82, 2.24) is 9.55 Å². The number of hydrogen-bond donors (Lipinski definition) is 1. The lowest BCUT2D eigenvalue weighted by atomic mass is 10.1. The molecule has 0 aliphatic heterocycles. The van der Waals surface area contributed by atoms with Gasteiger partial charge in [-0.15, -0.1) is 11.3 Å². The van der Waals surface area contributed by atoms with Crippen LogP contribution in [0.2, 0.25) is 0 Å². The first-order valence-corrected chi connectivity index (χ1v) is 9.21. The predicted octanol–water partition coefficient (Wildman–Crippen LogP) is 5.41. The van der Waals surface area contributed by atoms with Crippen LogP contribution in [0.3, 0.4) is 0 Å².